The Labute approximate surface area is 130 Å². The van der Waals surface area contributed by atoms with Crippen LogP contribution in [0.3, 0.4) is 0 Å². The number of hydrogen-bond acceptors (Lipinski definition) is 0. The summed E-state index contributed by atoms with van der Waals surface area (Å²) < 4.78 is 0. The Bertz CT molecular complexity index is 165. The Morgan fingerprint density at radius 2 is 0.500 bits per heavy atom. The van der Waals surface area contributed by atoms with E-state index in [0.717, 1.165) is 0 Å². The fourth-order valence-electron chi connectivity index (χ4n) is 0. The van der Waals surface area contributed by atoms with E-state index in [1.165, 1.54) is 27.7 Å². The van der Waals surface area contributed by atoms with Crippen LogP contribution in [0.5, 0.6) is 0 Å². The first-order valence-corrected chi connectivity index (χ1v) is 3.79. The van der Waals surface area contributed by atoms with Gasteiger partial charge in [0.15, 0.2) is 0 Å². The first kappa shape index (κ1) is 36.0. The molecule has 0 saturated heterocycles. The number of carboxylic acid groups (broad SMARTS) is 4. The summed E-state index contributed by atoms with van der Waals surface area (Å²) in [5.41, 5.74) is 0. The van der Waals surface area contributed by atoms with Crippen molar-refractivity contribution < 1.29 is 78.6 Å². The summed E-state index contributed by atoms with van der Waals surface area (Å²) in [5.74, 6) is -2.33. The van der Waals surface area contributed by atoms with Gasteiger partial charge in [-0.2, -0.15) is 0 Å². The number of carboxylic acids is 4. The average Bonchev–Trinajstić information content (AvgIpc) is 1.76. The molecule has 0 aromatic heterocycles. The number of aliphatic carboxylic acids is 4. The minimum Gasteiger partial charge on any atom is -0.339 e. The Kier molecular flexibility index (Phi) is 59.6. The summed E-state index contributed by atoms with van der Waals surface area (Å²) >= 11 is 0. The molecule has 0 aliphatic carbocycles. The molecule has 0 heterocycles. The van der Waals surface area contributed by atoms with Gasteiger partial charge in [-0.1, -0.05) is 0 Å². The fraction of sp³-hybridized carbons (Fsp3) is 0.500. The van der Waals surface area contributed by atoms with Crippen LogP contribution in [-0.2, 0) is 39.0 Å². The Morgan fingerprint density at radius 1 is 0.500 bits per heavy atom. The van der Waals surface area contributed by atoms with Gasteiger partial charge in [0.05, 0.1) is 27.7 Å². The molecule has 0 unspecified atom stereocenters. The number of aliphatic hydroxyl groups excluding tert-OH is 4. The van der Waals surface area contributed by atoms with Crippen molar-refractivity contribution >= 4 is 23.9 Å². The predicted octanol–water partition coefficient (Wildman–Crippen LogP) is 0.262. The molecule has 10 heteroatoms. The largest absolute Gasteiger partial charge is 0.477 e. The van der Waals surface area contributed by atoms with Crippen molar-refractivity contribution in [2.45, 2.75) is 27.7 Å². The molecular weight excluding hydrogens is 430 g/mol. The molecule has 0 bridgehead atoms. The van der Waals surface area contributed by atoms with Crippen molar-refractivity contribution in [3.63, 3.8) is 0 Å². The smallest absolute Gasteiger partial charge is 0.339 e. The van der Waals surface area contributed by atoms with Crippen molar-refractivity contribution in [2.75, 3.05) is 0 Å². The minimum absolute atomic E-state index is 0. The zero-order chi connectivity index (χ0) is 14.3. The first-order chi connectivity index (χ1) is 6.93. The summed E-state index contributed by atoms with van der Waals surface area (Å²) in [7, 11) is 0. The van der Waals surface area contributed by atoms with Crippen LogP contribution in [0, 0.1) is 0 Å². The summed E-state index contributed by atoms with van der Waals surface area (Å²) in [5, 5.41) is 30.1. The van der Waals surface area contributed by atoms with Gasteiger partial charge in [0.2, 0.25) is 0 Å². The normalized spacial score (nSPS) is 5.56. The predicted molar refractivity (Wildman–Crippen MR) is 61.0 cm³/mol. The molecule has 0 aliphatic heterocycles. The van der Waals surface area contributed by atoms with Gasteiger partial charge in [0, 0.05) is 39.0 Å². The van der Waals surface area contributed by atoms with E-state index in [1.54, 1.807) is 0 Å². The van der Waals surface area contributed by atoms with E-state index in [9.17, 15) is 0 Å². The van der Waals surface area contributed by atoms with E-state index >= 15 is 0 Å². The molecule has 0 rings (SSSR count). The molecule has 0 amide bonds. The monoisotopic (exact) mass is 450 g/mol. The van der Waals surface area contributed by atoms with Crippen molar-refractivity contribution in [3.8, 4) is 0 Å². The second-order valence-electron chi connectivity index (χ2n) is 2.19. The van der Waals surface area contributed by atoms with E-state index in [-0.39, 0.29) is 39.0 Å². The molecule has 0 atom stereocenters. The number of hydrogen-bond donors (Lipinski definition) is 4. The first-order valence-electron chi connectivity index (χ1n) is 3.79. The van der Waals surface area contributed by atoms with E-state index in [2.05, 4.69) is 0 Å². The van der Waals surface area contributed by atoms with Crippen LogP contribution in [0.15, 0.2) is 0 Å². The molecule has 0 aromatic carbocycles. The third-order valence-electron chi connectivity index (χ3n) is 0. The summed E-state index contributed by atoms with van der Waals surface area (Å²) in [6.45, 7) is 4.78. The van der Waals surface area contributed by atoms with Crippen molar-refractivity contribution in [2.24, 2.45) is 0 Å². The second-order valence-corrected chi connectivity index (χ2v) is 2.19. The Hall–Kier alpha value is -0.873. The van der Waals surface area contributed by atoms with Gasteiger partial charge in [-0.3, -0.25) is 0 Å². The molecule has 2 radical (unpaired) electrons. The Balaban J connectivity index is -0.0000000257. The molecule has 0 fully saturated rings. The Morgan fingerprint density at radius 3 is 0.500 bits per heavy atom. The quantitative estimate of drug-likeness (QED) is 0.307. The SMILES string of the molecule is CC(O)=[OH+].CC(O)=[OH+].CC(O)=[OH+].CC(O)=[OH+].[Rh].[Rh]. The molecule has 0 spiro atoms. The van der Waals surface area contributed by atoms with Gasteiger partial charge in [-0.15, -0.1) is 0 Å². The van der Waals surface area contributed by atoms with E-state index in [4.69, 9.17) is 39.6 Å². The molecule has 0 saturated carbocycles. The maximum absolute atomic E-state index is 7.53. The third-order valence-corrected chi connectivity index (χ3v) is 0. The van der Waals surface area contributed by atoms with Gasteiger partial charge in [-0.05, 0) is 0 Å². The molecular formula is C8H20O8Rh2+4. The maximum atomic E-state index is 7.53. The third kappa shape index (κ3) is 3960. The standard InChI is InChI=1S/4C2H4O2.2Rh/c4*1-2(3)4;;/h4*1H3,(H,3,4);;/p+4. The van der Waals surface area contributed by atoms with Crippen LogP contribution in [-0.4, -0.2) is 63.5 Å². The van der Waals surface area contributed by atoms with Crippen molar-refractivity contribution in [1.82, 2.24) is 0 Å². The minimum atomic E-state index is -0.583. The van der Waals surface area contributed by atoms with Gasteiger partial charge < -0.3 is 39.6 Å². The molecule has 0 aromatic rings. The fourth-order valence-corrected chi connectivity index (χ4v) is 0. The van der Waals surface area contributed by atoms with Gasteiger partial charge in [-0.25, -0.2) is 0 Å². The van der Waals surface area contributed by atoms with Crippen LogP contribution < -0.4 is 0 Å². The van der Waals surface area contributed by atoms with Crippen LogP contribution in [0.25, 0.3) is 0 Å². The van der Waals surface area contributed by atoms with Crippen LogP contribution in [0.4, 0.5) is 0 Å². The van der Waals surface area contributed by atoms with Crippen LogP contribution in [0.2, 0.25) is 0 Å². The van der Waals surface area contributed by atoms with Gasteiger partial charge in [0.1, 0.15) is 0 Å². The second kappa shape index (κ2) is 29.8. The average molecular weight is 450 g/mol. The maximum Gasteiger partial charge on any atom is 0.477 e. The number of rotatable bonds is 0. The summed E-state index contributed by atoms with van der Waals surface area (Å²) in [6, 6.07) is 0. The zero-order valence-electron chi connectivity index (χ0n) is 10.2. The van der Waals surface area contributed by atoms with Gasteiger partial charge >= 0.3 is 23.9 Å². The van der Waals surface area contributed by atoms with Crippen molar-refractivity contribution in [1.29, 1.82) is 0 Å². The molecule has 0 aliphatic rings. The zero-order valence-corrected chi connectivity index (χ0v) is 13.5. The van der Waals surface area contributed by atoms with Crippen LogP contribution >= 0.6 is 0 Å². The molecule has 114 valence electrons. The van der Waals surface area contributed by atoms with Crippen molar-refractivity contribution in [3.05, 3.63) is 0 Å². The molecule has 18 heavy (non-hydrogen) atoms. The molecule has 8 N–H and O–H groups in total. The summed E-state index contributed by atoms with van der Waals surface area (Å²) in [4.78, 5) is 30.1. The van der Waals surface area contributed by atoms with E-state index in [0.29, 0.717) is 0 Å². The summed E-state index contributed by atoms with van der Waals surface area (Å²) in [6.07, 6.45) is 0. The molecule has 8 nitrogen and oxygen atoms in total. The van der Waals surface area contributed by atoms with E-state index < -0.39 is 23.9 Å². The van der Waals surface area contributed by atoms with E-state index in [1.807, 2.05) is 0 Å². The van der Waals surface area contributed by atoms with Gasteiger partial charge in [0.25, 0.3) is 0 Å². The van der Waals surface area contributed by atoms with Crippen LogP contribution in [0.1, 0.15) is 27.7 Å². The topological polar surface area (TPSA) is 167 Å².